The van der Waals surface area contributed by atoms with Crippen molar-refractivity contribution in [2.75, 3.05) is 25.6 Å². The summed E-state index contributed by atoms with van der Waals surface area (Å²) < 4.78 is 7.54. The molecule has 1 aliphatic rings. The molecule has 174 valence electrons. The summed E-state index contributed by atoms with van der Waals surface area (Å²) in [5.74, 6) is 1.33. The van der Waals surface area contributed by atoms with E-state index in [4.69, 9.17) is 33.0 Å². The maximum absolute atomic E-state index is 13.5. The van der Waals surface area contributed by atoms with Crippen molar-refractivity contribution in [1.29, 1.82) is 0 Å². The number of pyridine rings is 1. The first-order chi connectivity index (χ1) is 16.4. The van der Waals surface area contributed by atoms with Crippen molar-refractivity contribution in [1.82, 2.24) is 14.9 Å². The smallest absolute Gasteiger partial charge is 0.255 e. The Bertz CT molecular complexity index is 1410. The van der Waals surface area contributed by atoms with Crippen molar-refractivity contribution in [3.05, 3.63) is 81.5 Å². The van der Waals surface area contributed by atoms with Gasteiger partial charge in [0.25, 0.3) is 5.91 Å². The maximum atomic E-state index is 13.5. The first-order valence-electron chi connectivity index (χ1n) is 11.0. The highest BCUT2D eigenvalue weighted by atomic mass is 35.5. The van der Waals surface area contributed by atoms with Crippen LogP contribution in [0.15, 0.2) is 54.6 Å². The summed E-state index contributed by atoms with van der Waals surface area (Å²) in [6.45, 7) is 2.49. The van der Waals surface area contributed by atoms with Crippen LogP contribution in [0, 0.1) is 6.92 Å². The maximum Gasteiger partial charge on any atom is 0.255 e. The molecular weight excluding hydrogens is 471 g/mol. The van der Waals surface area contributed by atoms with Crippen molar-refractivity contribution >= 4 is 40.4 Å². The summed E-state index contributed by atoms with van der Waals surface area (Å²) in [7, 11) is 3.80. The lowest BCUT2D eigenvalue weighted by molar-refractivity contribution is 0.0925. The lowest BCUT2D eigenvalue weighted by Gasteiger charge is -2.27. The molecule has 0 unspecified atom stereocenters. The number of fused-ring (bicyclic) bond motifs is 2. The summed E-state index contributed by atoms with van der Waals surface area (Å²) in [5, 5.41) is 8.94. The summed E-state index contributed by atoms with van der Waals surface area (Å²) >= 11 is 12.8. The van der Waals surface area contributed by atoms with Crippen molar-refractivity contribution < 1.29 is 9.53 Å². The second-order valence-corrected chi connectivity index (χ2v) is 9.31. The predicted octanol–water partition coefficient (Wildman–Crippen LogP) is 5.94. The zero-order valence-corrected chi connectivity index (χ0v) is 20.6. The van der Waals surface area contributed by atoms with Crippen LogP contribution in [0.4, 0.5) is 5.82 Å². The number of nitrogens with one attached hydrogen (secondary N) is 1. The number of anilines is 1. The van der Waals surface area contributed by atoms with Crippen LogP contribution in [-0.2, 0) is 0 Å². The molecule has 8 heteroatoms. The molecule has 4 aromatic rings. The Morgan fingerprint density at radius 1 is 1.12 bits per heavy atom. The molecule has 3 heterocycles. The average molecular weight is 495 g/mol. The second kappa shape index (κ2) is 8.85. The van der Waals surface area contributed by atoms with E-state index in [1.54, 1.807) is 10.6 Å². The number of aromatic nitrogens is 2. The number of nitrogens with zero attached hydrogens (tertiary/aromatic N) is 3. The van der Waals surface area contributed by atoms with E-state index in [0.717, 1.165) is 33.7 Å². The minimum Gasteiger partial charge on any atom is -0.493 e. The zero-order chi connectivity index (χ0) is 24.0. The number of benzene rings is 2. The summed E-state index contributed by atoms with van der Waals surface area (Å²) in [4.78, 5) is 15.4. The SMILES string of the molecule is Cc1nn2c(N(C)C)c(C(=O)N[C@H]3CCOc4ccccc43)ccc2c1-c1cccc(Cl)c1Cl. The van der Waals surface area contributed by atoms with E-state index in [0.29, 0.717) is 34.5 Å². The Labute approximate surface area is 208 Å². The fourth-order valence-electron chi connectivity index (χ4n) is 4.58. The van der Waals surface area contributed by atoms with E-state index < -0.39 is 0 Å². The number of halogens is 2. The highest BCUT2D eigenvalue weighted by Crippen LogP contribution is 2.39. The molecule has 0 aliphatic carbocycles. The molecule has 1 amide bonds. The van der Waals surface area contributed by atoms with Crippen molar-refractivity contribution in [3.63, 3.8) is 0 Å². The molecule has 0 radical (unpaired) electrons. The number of aryl methyl sites for hydroxylation is 1. The number of para-hydroxylation sites is 1. The number of rotatable bonds is 4. The molecule has 1 aliphatic heterocycles. The van der Waals surface area contributed by atoms with E-state index in [1.165, 1.54) is 0 Å². The molecule has 2 aromatic heterocycles. The van der Waals surface area contributed by atoms with Gasteiger partial charge in [-0.15, -0.1) is 0 Å². The lowest BCUT2D eigenvalue weighted by Crippen LogP contribution is -2.33. The van der Waals surface area contributed by atoms with Gasteiger partial charge in [-0.25, -0.2) is 4.52 Å². The molecular formula is C26H24Cl2N4O2. The lowest BCUT2D eigenvalue weighted by atomic mass is 10.00. The quantitative estimate of drug-likeness (QED) is 0.381. The minimum atomic E-state index is -0.164. The fourth-order valence-corrected chi connectivity index (χ4v) is 4.97. The van der Waals surface area contributed by atoms with Gasteiger partial charge in [0, 0.05) is 37.2 Å². The van der Waals surface area contributed by atoms with E-state index in [2.05, 4.69) is 5.32 Å². The number of hydrogen-bond donors (Lipinski definition) is 1. The standard InChI is InChI=1S/C26H24Cl2N4O2/c1-15-23(17-8-6-9-19(27)24(17)28)21-12-11-18(26(31(2)3)32(21)30-15)25(33)29-20-13-14-34-22-10-5-4-7-16(20)22/h4-12,20H,13-14H2,1-3H3,(H,29,33)/t20-/m0/s1. The molecule has 0 spiro atoms. The first-order valence-corrected chi connectivity index (χ1v) is 11.8. The molecule has 1 N–H and O–H groups in total. The Kier molecular flexibility index (Phi) is 5.88. The van der Waals surface area contributed by atoms with E-state index in [9.17, 15) is 4.79 Å². The van der Waals surface area contributed by atoms with Gasteiger partial charge in [-0.2, -0.15) is 5.10 Å². The molecule has 0 bridgehead atoms. The predicted molar refractivity (Wildman–Crippen MR) is 136 cm³/mol. The van der Waals surface area contributed by atoms with Crippen LogP contribution in [0.1, 0.15) is 34.1 Å². The van der Waals surface area contributed by atoms with Crippen LogP contribution in [0.3, 0.4) is 0 Å². The Balaban J connectivity index is 1.59. The summed E-state index contributed by atoms with van der Waals surface area (Å²) in [6.07, 6.45) is 0.709. The van der Waals surface area contributed by atoms with Crippen LogP contribution in [0.25, 0.3) is 16.6 Å². The molecule has 34 heavy (non-hydrogen) atoms. The van der Waals surface area contributed by atoms with Crippen LogP contribution in [0.2, 0.25) is 10.0 Å². The van der Waals surface area contributed by atoms with Gasteiger partial charge in [-0.3, -0.25) is 4.79 Å². The van der Waals surface area contributed by atoms with Gasteiger partial charge in [0.2, 0.25) is 0 Å². The number of amides is 1. The number of carbonyl (C=O) groups is 1. The molecule has 2 aromatic carbocycles. The van der Waals surface area contributed by atoms with Crippen LogP contribution < -0.4 is 15.0 Å². The van der Waals surface area contributed by atoms with Crippen LogP contribution in [0.5, 0.6) is 5.75 Å². The van der Waals surface area contributed by atoms with Crippen molar-refractivity contribution in [2.24, 2.45) is 0 Å². The van der Waals surface area contributed by atoms with Gasteiger partial charge < -0.3 is 15.0 Å². The molecule has 0 saturated carbocycles. The Morgan fingerprint density at radius 3 is 2.71 bits per heavy atom. The highest BCUT2D eigenvalue weighted by Gasteiger charge is 2.26. The molecule has 1 atom stereocenters. The Morgan fingerprint density at radius 2 is 1.91 bits per heavy atom. The van der Waals surface area contributed by atoms with Crippen molar-refractivity contribution in [2.45, 2.75) is 19.4 Å². The third-order valence-electron chi connectivity index (χ3n) is 6.10. The molecule has 0 fully saturated rings. The highest BCUT2D eigenvalue weighted by molar-refractivity contribution is 6.43. The van der Waals surface area contributed by atoms with Gasteiger partial charge in [-0.05, 0) is 31.2 Å². The number of hydrogen-bond acceptors (Lipinski definition) is 4. The van der Waals surface area contributed by atoms with Gasteiger partial charge in [0.1, 0.15) is 11.6 Å². The van der Waals surface area contributed by atoms with Gasteiger partial charge in [0.05, 0.1) is 39.5 Å². The fraction of sp³-hybridized carbons (Fsp3) is 0.231. The van der Waals surface area contributed by atoms with E-state index in [1.807, 2.05) is 74.4 Å². The van der Waals surface area contributed by atoms with Crippen molar-refractivity contribution in [3.8, 4) is 16.9 Å². The third-order valence-corrected chi connectivity index (χ3v) is 6.92. The van der Waals surface area contributed by atoms with Crippen LogP contribution in [-0.4, -0.2) is 36.2 Å². The number of ether oxygens (including phenoxy) is 1. The topological polar surface area (TPSA) is 58.9 Å². The normalized spacial score (nSPS) is 15.0. The first kappa shape index (κ1) is 22.6. The summed E-state index contributed by atoms with van der Waals surface area (Å²) in [6, 6.07) is 17.0. The third kappa shape index (κ3) is 3.77. The minimum absolute atomic E-state index is 0.122. The summed E-state index contributed by atoms with van der Waals surface area (Å²) in [5.41, 5.74) is 4.86. The van der Waals surface area contributed by atoms with E-state index in [-0.39, 0.29) is 11.9 Å². The Hall–Kier alpha value is -3.22. The zero-order valence-electron chi connectivity index (χ0n) is 19.1. The van der Waals surface area contributed by atoms with Gasteiger partial charge in [-0.1, -0.05) is 53.5 Å². The second-order valence-electron chi connectivity index (χ2n) is 8.52. The van der Waals surface area contributed by atoms with E-state index >= 15 is 0 Å². The average Bonchev–Trinajstić information content (AvgIpc) is 3.15. The van der Waals surface area contributed by atoms with Gasteiger partial charge >= 0.3 is 0 Å². The number of carbonyl (C=O) groups excluding carboxylic acids is 1. The van der Waals surface area contributed by atoms with Crippen LogP contribution >= 0.6 is 23.2 Å². The molecule has 0 saturated heterocycles. The van der Waals surface area contributed by atoms with Gasteiger partial charge in [0.15, 0.2) is 0 Å². The molecule has 6 nitrogen and oxygen atoms in total. The molecule has 5 rings (SSSR count). The largest absolute Gasteiger partial charge is 0.493 e. The monoisotopic (exact) mass is 494 g/mol.